The number of primary amides is 1. The van der Waals surface area contributed by atoms with Gasteiger partial charge in [-0.3, -0.25) is 4.79 Å². The predicted molar refractivity (Wildman–Crippen MR) is 141 cm³/mol. The number of rotatable bonds is 8. The highest BCUT2D eigenvalue weighted by molar-refractivity contribution is 14.1. The van der Waals surface area contributed by atoms with Crippen LogP contribution in [0.25, 0.3) is 0 Å². The van der Waals surface area contributed by atoms with Crippen LogP contribution in [0.2, 0.25) is 0 Å². The largest absolute Gasteiger partial charge is 0.456 e. The van der Waals surface area contributed by atoms with E-state index in [0.29, 0.717) is 3.57 Å². The van der Waals surface area contributed by atoms with Crippen molar-refractivity contribution in [1.82, 2.24) is 4.72 Å². The van der Waals surface area contributed by atoms with Crippen molar-refractivity contribution >= 4 is 38.5 Å². The molecule has 4 rings (SSSR count). The highest BCUT2D eigenvalue weighted by Gasteiger charge is 2.23. The van der Waals surface area contributed by atoms with Crippen LogP contribution >= 0.6 is 22.6 Å². The molecule has 0 unspecified atom stereocenters. The molecule has 36 heavy (non-hydrogen) atoms. The summed E-state index contributed by atoms with van der Waals surface area (Å²) in [4.78, 5) is 12.3. The molecule has 0 heterocycles. The van der Waals surface area contributed by atoms with Crippen molar-refractivity contribution < 1.29 is 26.7 Å². The molecule has 0 atom stereocenters. The zero-order valence-corrected chi connectivity index (χ0v) is 22.2. The third-order valence-corrected chi connectivity index (χ3v) is 8.25. The summed E-state index contributed by atoms with van der Waals surface area (Å²) < 4.78 is 64.0. The molecule has 6 nitrogen and oxygen atoms in total. The van der Waals surface area contributed by atoms with Gasteiger partial charge >= 0.3 is 0 Å². The van der Waals surface area contributed by atoms with E-state index >= 15 is 0 Å². The number of benzene rings is 3. The Kier molecular flexibility index (Phi) is 8.26. The van der Waals surface area contributed by atoms with Gasteiger partial charge in [-0.25, -0.2) is 21.9 Å². The number of carbonyl (C=O) groups excluding carboxylic acids is 1. The van der Waals surface area contributed by atoms with E-state index in [1.807, 2.05) is 22.6 Å². The number of hydrogen-bond donors (Lipinski definition) is 2. The molecular weight excluding hydrogens is 601 g/mol. The van der Waals surface area contributed by atoms with Crippen LogP contribution in [0.5, 0.6) is 11.5 Å². The van der Waals surface area contributed by atoms with Gasteiger partial charge in [-0.1, -0.05) is 31.4 Å². The van der Waals surface area contributed by atoms with Crippen molar-refractivity contribution in [3.63, 3.8) is 0 Å². The molecule has 1 aliphatic carbocycles. The lowest BCUT2D eigenvalue weighted by molar-refractivity contribution is 0.0997. The van der Waals surface area contributed by atoms with Gasteiger partial charge in [0, 0.05) is 28.2 Å². The van der Waals surface area contributed by atoms with Gasteiger partial charge in [-0.15, -0.1) is 0 Å². The van der Waals surface area contributed by atoms with Gasteiger partial charge in [-0.2, -0.15) is 0 Å². The molecule has 1 aliphatic rings. The molecule has 3 aromatic rings. The van der Waals surface area contributed by atoms with Crippen LogP contribution in [0.3, 0.4) is 0 Å². The first-order valence-corrected chi connectivity index (χ1v) is 14.0. The average molecular weight is 626 g/mol. The summed E-state index contributed by atoms with van der Waals surface area (Å²) in [6, 6.07) is 12.3. The second-order valence-electron chi connectivity index (χ2n) is 8.75. The van der Waals surface area contributed by atoms with Crippen LogP contribution in [-0.4, -0.2) is 20.4 Å². The average Bonchev–Trinajstić information content (AvgIpc) is 2.81. The van der Waals surface area contributed by atoms with Crippen LogP contribution < -0.4 is 15.2 Å². The van der Waals surface area contributed by atoms with E-state index in [1.54, 1.807) is 12.1 Å². The SMILES string of the molecule is NC(=O)c1c(Cc2ccc(I)cc2F)cc(F)cc1Oc1cccc(S(=O)(=O)NC2CCCCC2)c1. The maximum absolute atomic E-state index is 14.5. The molecule has 0 radical (unpaired) electrons. The molecule has 0 saturated heterocycles. The normalized spacial score (nSPS) is 14.5. The van der Waals surface area contributed by atoms with Crippen molar-refractivity contribution in [2.75, 3.05) is 0 Å². The van der Waals surface area contributed by atoms with E-state index in [9.17, 15) is 22.0 Å². The zero-order valence-electron chi connectivity index (χ0n) is 19.3. The Balaban J connectivity index is 1.64. The fourth-order valence-electron chi connectivity index (χ4n) is 4.35. The van der Waals surface area contributed by atoms with Crippen LogP contribution in [0.1, 0.15) is 53.6 Å². The number of amides is 1. The summed E-state index contributed by atoms with van der Waals surface area (Å²) in [5.41, 5.74) is 5.90. The summed E-state index contributed by atoms with van der Waals surface area (Å²) in [5.74, 6) is -2.18. The van der Waals surface area contributed by atoms with Crippen molar-refractivity contribution in [2.45, 2.75) is 49.5 Å². The highest BCUT2D eigenvalue weighted by atomic mass is 127. The lowest BCUT2D eigenvalue weighted by Gasteiger charge is -2.22. The minimum atomic E-state index is -3.80. The molecule has 1 amide bonds. The second kappa shape index (κ2) is 11.2. The maximum Gasteiger partial charge on any atom is 0.252 e. The van der Waals surface area contributed by atoms with Gasteiger partial charge < -0.3 is 10.5 Å². The van der Waals surface area contributed by atoms with Gasteiger partial charge in [0.25, 0.3) is 5.91 Å². The van der Waals surface area contributed by atoms with Gasteiger partial charge in [0.1, 0.15) is 23.1 Å². The summed E-state index contributed by atoms with van der Waals surface area (Å²) in [6.07, 6.45) is 4.51. The number of carbonyl (C=O) groups is 1. The fraction of sp³-hybridized carbons (Fsp3) is 0.269. The lowest BCUT2D eigenvalue weighted by atomic mass is 9.96. The molecule has 0 aromatic heterocycles. The Morgan fingerprint density at radius 3 is 2.47 bits per heavy atom. The molecule has 10 heteroatoms. The standard InChI is InChI=1S/C26H25F2IN2O4S/c27-18-12-17(11-16-9-10-19(29)14-23(16)28)25(26(30)32)24(13-18)35-21-7-4-8-22(15-21)36(33,34)31-20-5-2-1-3-6-20/h4,7-10,12-15,20,31H,1-3,5-6,11H2,(H2,30,32). The van der Waals surface area contributed by atoms with E-state index in [-0.39, 0.29) is 45.5 Å². The van der Waals surface area contributed by atoms with Crippen LogP contribution in [0.4, 0.5) is 8.78 Å². The first kappa shape index (κ1) is 26.5. The van der Waals surface area contributed by atoms with Crippen molar-refractivity contribution in [3.05, 3.63) is 86.5 Å². The zero-order chi connectivity index (χ0) is 25.9. The van der Waals surface area contributed by atoms with E-state index in [1.165, 1.54) is 30.3 Å². The molecule has 190 valence electrons. The number of nitrogens with two attached hydrogens (primary N) is 1. The Bertz CT molecular complexity index is 1390. The Labute approximate surface area is 222 Å². The first-order valence-electron chi connectivity index (χ1n) is 11.5. The number of halogens is 3. The Morgan fingerprint density at radius 2 is 1.78 bits per heavy atom. The van der Waals surface area contributed by atoms with Gasteiger partial charge in [0.2, 0.25) is 10.0 Å². The maximum atomic E-state index is 14.5. The van der Waals surface area contributed by atoms with Gasteiger partial charge in [0.15, 0.2) is 0 Å². The summed E-state index contributed by atoms with van der Waals surface area (Å²) >= 11 is 1.98. The summed E-state index contributed by atoms with van der Waals surface area (Å²) in [5, 5.41) is 0. The summed E-state index contributed by atoms with van der Waals surface area (Å²) in [6.45, 7) is 0. The third kappa shape index (κ3) is 6.40. The minimum absolute atomic E-state index is 0.0104. The second-order valence-corrected chi connectivity index (χ2v) is 11.7. The Hall–Kier alpha value is -2.57. The molecule has 1 fully saturated rings. The monoisotopic (exact) mass is 626 g/mol. The first-order chi connectivity index (χ1) is 17.1. The quantitative estimate of drug-likeness (QED) is 0.316. The van der Waals surface area contributed by atoms with E-state index in [4.69, 9.17) is 10.5 Å². The highest BCUT2D eigenvalue weighted by Crippen LogP contribution is 2.32. The fourth-order valence-corrected chi connectivity index (χ4v) is 6.14. The number of nitrogens with one attached hydrogen (secondary N) is 1. The number of sulfonamides is 1. The molecule has 0 aliphatic heterocycles. The van der Waals surface area contributed by atoms with E-state index in [2.05, 4.69) is 4.72 Å². The van der Waals surface area contributed by atoms with Crippen LogP contribution in [0, 0.1) is 15.2 Å². The molecule has 3 N–H and O–H groups in total. The van der Waals surface area contributed by atoms with E-state index < -0.39 is 27.6 Å². The van der Waals surface area contributed by atoms with Crippen LogP contribution in [-0.2, 0) is 16.4 Å². The Morgan fingerprint density at radius 1 is 1.03 bits per heavy atom. The number of ether oxygens (including phenoxy) is 1. The summed E-state index contributed by atoms with van der Waals surface area (Å²) in [7, 11) is -3.80. The van der Waals surface area contributed by atoms with Gasteiger partial charge in [-0.05, 0) is 76.9 Å². The third-order valence-electron chi connectivity index (χ3n) is 6.06. The molecule has 0 spiro atoms. The molecular formula is C26H25F2IN2O4S. The lowest BCUT2D eigenvalue weighted by Crippen LogP contribution is -2.36. The number of hydrogen-bond acceptors (Lipinski definition) is 4. The van der Waals surface area contributed by atoms with Crippen molar-refractivity contribution in [2.24, 2.45) is 5.73 Å². The smallest absolute Gasteiger partial charge is 0.252 e. The minimum Gasteiger partial charge on any atom is -0.456 e. The van der Waals surface area contributed by atoms with Crippen LogP contribution in [0.15, 0.2) is 59.5 Å². The predicted octanol–water partition coefficient (Wildman–Crippen LogP) is 5.66. The van der Waals surface area contributed by atoms with Gasteiger partial charge in [0.05, 0.1) is 10.5 Å². The van der Waals surface area contributed by atoms with Crippen molar-refractivity contribution in [3.8, 4) is 11.5 Å². The van der Waals surface area contributed by atoms with E-state index in [0.717, 1.165) is 44.2 Å². The van der Waals surface area contributed by atoms with Crippen molar-refractivity contribution in [1.29, 1.82) is 0 Å². The topological polar surface area (TPSA) is 98.5 Å². The molecule has 0 bridgehead atoms. The molecule has 3 aromatic carbocycles. The molecule has 1 saturated carbocycles.